The van der Waals surface area contributed by atoms with E-state index in [9.17, 15) is 19.8 Å². The maximum Gasteiger partial charge on any atom is 0.353 e. The summed E-state index contributed by atoms with van der Waals surface area (Å²) in [5.74, 6) is -1.25. The maximum atomic E-state index is 12.5. The molecule has 2 aromatic rings. The lowest BCUT2D eigenvalue weighted by Crippen LogP contribution is -2.63. The number of aromatic nitrogens is 4. The van der Waals surface area contributed by atoms with E-state index in [2.05, 4.69) is 20.8 Å². The van der Waals surface area contributed by atoms with Crippen LogP contribution in [-0.4, -0.2) is 82.9 Å². The van der Waals surface area contributed by atoms with Crippen molar-refractivity contribution < 1.29 is 19.8 Å². The van der Waals surface area contributed by atoms with Gasteiger partial charge in [-0.15, -0.1) is 16.9 Å². The van der Waals surface area contributed by atoms with Gasteiger partial charge in [0.2, 0.25) is 11.1 Å². The molecule has 180 valence electrons. The number of aliphatic hydroxyl groups excluding tert-OH is 1. The molecule has 0 radical (unpaired) electrons. The number of rotatable bonds is 8. The van der Waals surface area contributed by atoms with E-state index in [1.54, 1.807) is 35.1 Å². The van der Waals surface area contributed by atoms with Crippen molar-refractivity contribution in [2.24, 2.45) is 11.8 Å². The maximum absolute atomic E-state index is 12.5. The summed E-state index contributed by atoms with van der Waals surface area (Å²) in [5, 5.41) is 36.3. The number of nitrogens with one attached hydrogen (secondary N) is 1. The molecule has 6 atom stereocenters. The number of carbonyl (C=O) groups is 2. The minimum atomic E-state index is -1.08. The number of para-hydroxylation sites is 1. The molecule has 34 heavy (non-hydrogen) atoms. The Hall–Kier alpha value is -2.41. The van der Waals surface area contributed by atoms with Crippen molar-refractivity contribution in [2.45, 2.75) is 48.9 Å². The lowest BCUT2D eigenvalue weighted by Gasteiger charge is -2.46. The fraction of sp³-hybridized carbons (Fsp3) is 0.500. The van der Waals surface area contributed by atoms with Crippen LogP contribution in [0.25, 0.3) is 5.69 Å². The average molecular weight is 503 g/mol. The Morgan fingerprint density at radius 1 is 1.32 bits per heavy atom. The zero-order valence-corrected chi connectivity index (χ0v) is 20.4. The van der Waals surface area contributed by atoms with Crippen molar-refractivity contribution in [1.82, 2.24) is 30.4 Å². The molecule has 3 aliphatic rings. The van der Waals surface area contributed by atoms with Crippen molar-refractivity contribution in [3.05, 3.63) is 40.9 Å². The molecule has 4 heterocycles. The average Bonchev–Trinajstić information content (AvgIpc) is 3.51. The van der Waals surface area contributed by atoms with Crippen LogP contribution < -0.4 is 5.32 Å². The first-order valence-electron chi connectivity index (χ1n) is 11.2. The Labute approximate surface area is 205 Å². The summed E-state index contributed by atoms with van der Waals surface area (Å²) < 4.78 is 1.72. The molecule has 0 saturated carbocycles. The van der Waals surface area contributed by atoms with Gasteiger partial charge in [-0.2, -0.15) is 4.68 Å². The number of thioether (sulfide) groups is 2. The van der Waals surface area contributed by atoms with E-state index in [0.29, 0.717) is 0 Å². The van der Waals surface area contributed by atoms with Crippen LogP contribution in [0.5, 0.6) is 0 Å². The number of carbonyl (C=O) groups excluding carboxylic acids is 1. The Balaban J connectivity index is 1.22. The predicted octanol–water partition coefficient (Wildman–Crippen LogP) is 1.37. The first-order chi connectivity index (χ1) is 16.4. The van der Waals surface area contributed by atoms with Gasteiger partial charge in [0.1, 0.15) is 5.70 Å². The second-order valence-corrected chi connectivity index (χ2v) is 11.2. The van der Waals surface area contributed by atoms with Crippen molar-refractivity contribution >= 4 is 35.4 Å². The van der Waals surface area contributed by atoms with E-state index < -0.39 is 18.0 Å². The fourth-order valence-corrected chi connectivity index (χ4v) is 7.51. The highest BCUT2D eigenvalue weighted by Crippen LogP contribution is 2.51. The largest absolute Gasteiger partial charge is 0.477 e. The molecule has 0 aliphatic carbocycles. The normalized spacial score (nSPS) is 29.3. The molecule has 1 aromatic carbocycles. The van der Waals surface area contributed by atoms with Crippen molar-refractivity contribution in [3.63, 3.8) is 0 Å². The van der Waals surface area contributed by atoms with Gasteiger partial charge >= 0.3 is 5.97 Å². The highest BCUT2D eigenvalue weighted by atomic mass is 32.2. The summed E-state index contributed by atoms with van der Waals surface area (Å²) in [6.45, 7) is 4.30. The second kappa shape index (κ2) is 9.33. The quantitative estimate of drug-likeness (QED) is 0.359. The Morgan fingerprint density at radius 3 is 2.79 bits per heavy atom. The summed E-state index contributed by atoms with van der Waals surface area (Å²) in [7, 11) is 0. The van der Waals surface area contributed by atoms with Crippen LogP contribution in [0.15, 0.2) is 46.1 Å². The van der Waals surface area contributed by atoms with Gasteiger partial charge < -0.3 is 20.4 Å². The van der Waals surface area contributed by atoms with Crippen LogP contribution in [-0.2, 0) is 9.59 Å². The van der Waals surface area contributed by atoms with E-state index in [1.165, 1.54) is 4.90 Å². The van der Waals surface area contributed by atoms with Gasteiger partial charge in [0.05, 0.1) is 23.8 Å². The summed E-state index contributed by atoms with van der Waals surface area (Å²) >= 11 is 3.14. The van der Waals surface area contributed by atoms with E-state index in [0.717, 1.165) is 34.5 Å². The fourth-order valence-electron chi connectivity index (χ4n) is 5.03. The minimum Gasteiger partial charge on any atom is -0.477 e. The van der Waals surface area contributed by atoms with Crippen LogP contribution in [0.1, 0.15) is 20.3 Å². The van der Waals surface area contributed by atoms with Crippen LogP contribution >= 0.6 is 23.5 Å². The third kappa shape index (κ3) is 4.02. The van der Waals surface area contributed by atoms with Crippen molar-refractivity contribution in [3.8, 4) is 5.69 Å². The van der Waals surface area contributed by atoms with Crippen molar-refractivity contribution in [2.75, 3.05) is 12.3 Å². The van der Waals surface area contributed by atoms with Gasteiger partial charge in [0.25, 0.3) is 0 Å². The Kier molecular flexibility index (Phi) is 6.40. The molecule has 3 aliphatic heterocycles. The number of fused-ring (bicyclic) bond motifs is 1. The molecule has 2 saturated heterocycles. The lowest BCUT2D eigenvalue weighted by atomic mass is 9.79. The number of tetrazole rings is 1. The van der Waals surface area contributed by atoms with Gasteiger partial charge in [-0.05, 0) is 35.9 Å². The van der Waals surface area contributed by atoms with Gasteiger partial charge in [-0.1, -0.05) is 36.9 Å². The number of aliphatic carboxylic acids is 1. The molecular weight excluding hydrogens is 476 g/mol. The third-order valence-corrected chi connectivity index (χ3v) is 9.23. The van der Waals surface area contributed by atoms with Gasteiger partial charge in [-0.3, -0.25) is 4.79 Å². The molecule has 12 heteroatoms. The number of nitrogens with zero attached hydrogens (tertiary/aromatic N) is 5. The van der Waals surface area contributed by atoms with Crippen LogP contribution in [0.2, 0.25) is 0 Å². The second-order valence-electron chi connectivity index (χ2n) is 8.87. The summed E-state index contributed by atoms with van der Waals surface area (Å²) in [6.07, 6.45) is 0.0733. The summed E-state index contributed by atoms with van der Waals surface area (Å²) in [6, 6.07) is 9.68. The standard InChI is InChI=1S/C22H26N6O4S2/c1-11-17-16(12(2)29)20(30)27(17)18(21(31)32)19(11)34-15-8-13(23-9-15)10-33-22-24-25-26-28(22)14-6-4-3-5-7-14/h3-7,11-13,15-17,23,29H,8-10H2,1-2H3,(H,31,32)/t11-,12-,13+,15+,16-,17-/m1/s1. The van der Waals surface area contributed by atoms with Gasteiger partial charge in [0.15, 0.2) is 0 Å². The Bertz CT molecular complexity index is 1120. The molecule has 5 rings (SSSR count). The molecule has 3 N–H and O–H groups in total. The van der Waals surface area contributed by atoms with Gasteiger partial charge in [-0.25, -0.2) is 4.79 Å². The van der Waals surface area contributed by atoms with Gasteiger partial charge in [0, 0.05) is 34.4 Å². The number of benzene rings is 1. The number of hydrogen-bond donors (Lipinski definition) is 3. The van der Waals surface area contributed by atoms with E-state index in [1.807, 2.05) is 37.3 Å². The molecule has 1 amide bonds. The SMILES string of the molecule is C[C@@H](O)[C@H]1C(=O)N2C(C(=O)O)=C(S[C@@H]3CN[C@H](CSc4nnnn4-c4ccccc4)C3)[C@H](C)[C@H]12. The summed E-state index contributed by atoms with van der Waals surface area (Å²) in [5.41, 5.74) is 0.991. The van der Waals surface area contributed by atoms with E-state index in [4.69, 9.17) is 0 Å². The summed E-state index contributed by atoms with van der Waals surface area (Å²) in [4.78, 5) is 26.7. The molecule has 0 spiro atoms. The smallest absolute Gasteiger partial charge is 0.353 e. The van der Waals surface area contributed by atoms with E-state index >= 15 is 0 Å². The zero-order valence-electron chi connectivity index (χ0n) is 18.7. The Morgan fingerprint density at radius 2 is 2.09 bits per heavy atom. The molecular formula is C22H26N6O4S2. The predicted molar refractivity (Wildman–Crippen MR) is 127 cm³/mol. The number of hydrogen-bond acceptors (Lipinski definition) is 9. The van der Waals surface area contributed by atoms with Crippen molar-refractivity contribution in [1.29, 1.82) is 0 Å². The van der Waals surface area contributed by atoms with Crippen LogP contribution in [0.3, 0.4) is 0 Å². The minimum absolute atomic E-state index is 0.0873. The number of β-lactam (4-membered cyclic amide) rings is 1. The molecule has 1 aromatic heterocycles. The number of carboxylic acids is 1. The molecule has 0 bridgehead atoms. The number of carboxylic acid groups (broad SMARTS) is 1. The first kappa shape index (κ1) is 23.3. The molecule has 2 fully saturated rings. The first-order valence-corrected chi connectivity index (χ1v) is 13.1. The third-order valence-electron chi connectivity index (χ3n) is 6.64. The monoisotopic (exact) mass is 502 g/mol. The van der Waals surface area contributed by atoms with Crippen LogP contribution in [0.4, 0.5) is 0 Å². The number of aliphatic hydroxyl groups is 1. The molecule has 10 nitrogen and oxygen atoms in total. The number of amides is 1. The molecule has 0 unspecified atom stereocenters. The topological polar surface area (TPSA) is 133 Å². The highest BCUT2D eigenvalue weighted by molar-refractivity contribution is 8.03. The highest BCUT2D eigenvalue weighted by Gasteiger charge is 2.60. The lowest BCUT2D eigenvalue weighted by molar-refractivity contribution is -0.163. The van der Waals surface area contributed by atoms with Crippen LogP contribution in [0, 0.1) is 11.8 Å². The zero-order chi connectivity index (χ0) is 24.0. The van der Waals surface area contributed by atoms with E-state index in [-0.39, 0.29) is 34.9 Å².